The van der Waals surface area contributed by atoms with Crippen LogP contribution in [0.3, 0.4) is 0 Å². The molecule has 2 aromatic carbocycles. The maximum Gasteiger partial charge on any atom is 0.227 e. The van der Waals surface area contributed by atoms with Crippen molar-refractivity contribution >= 4 is 17.5 Å². The number of nitrogens with two attached hydrogens (primary N) is 1. The molecule has 3 heterocycles. The van der Waals surface area contributed by atoms with Gasteiger partial charge in [0.05, 0.1) is 42.6 Å². The van der Waals surface area contributed by atoms with E-state index >= 15 is 0 Å². The second-order valence-electron chi connectivity index (χ2n) is 9.01. The molecule has 0 spiro atoms. The SMILES string of the molecule is NCCNC(=O)C1COC(Cc2nc(-c3ccc(F)cc3)c(-c3ccnc(Nc4ccc(F)c(F)c4)n3)[nH]2)OC1. The van der Waals surface area contributed by atoms with E-state index in [1.54, 1.807) is 18.2 Å². The summed E-state index contributed by atoms with van der Waals surface area (Å²) in [6.07, 6.45) is 1.11. The minimum Gasteiger partial charge on any atom is -0.354 e. The van der Waals surface area contributed by atoms with Gasteiger partial charge in [0.2, 0.25) is 11.9 Å². The van der Waals surface area contributed by atoms with Gasteiger partial charge in [-0.1, -0.05) is 0 Å². The number of imidazole rings is 1. The summed E-state index contributed by atoms with van der Waals surface area (Å²) in [5.41, 5.74) is 7.80. The molecule has 5 rings (SSSR count). The first-order chi connectivity index (χ1) is 19.4. The Bertz CT molecular complexity index is 1470. The van der Waals surface area contributed by atoms with Crippen LogP contribution in [-0.4, -0.2) is 58.4 Å². The average molecular weight is 554 g/mol. The summed E-state index contributed by atoms with van der Waals surface area (Å²) in [6.45, 7) is 1.09. The van der Waals surface area contributed by atoms with E-state index in [1.807, 2.05) is 0 Å². The average Bonchev–Trinajstić information content (AvgIpc) is 3.38. The number of benzene rings is 2. The molecule has 10 nitrogen and oxygen atoms in total. The summed E-state index contributed by atoms with van der Waals surface area (Å²) in [6, 6.07) is 10.9. The van der Waals surface area contributed by atoms with E-state index in [0.717, 1.165) is 12.1 Å². The highest BCUT2D eigenvalue weighted by molar-refractivity contribution is 5.79. The number of H-pyrrole nitrogens is 1. The summed E-state index contributed by atoms with van der Waals surface area (Å²) < 4.78 is 52.1. The Hall–Kier alpha value is -4.33. The predicted molar refractivity (Wildman–Crippen MR) is 140 cm³/mol. The van der Waals surface area contributed by atoms with Gasteiger partial charge in [0, 0.05) is 36.6 Å². The smallest absolute Gasteiger partial charge is 0.227 e. The second kappa shape index (κ2) is 12.2. The van der Waals surface area contributed by atoms with Crippen molar-refractivity contribution in [3.05, 3.63) is 78.0 Å². The molecule has 1 amide bonds. The molecular weight excluding hydrogens is 527 g/mol. The molecule has 2 aromatic heterocycles. The molecule has 0 saturated carbocycles. The van der Waals surface area contributed by atoms with Crippen molar-refractivity contribution in [1.82, 2.24) is 25.3 Å². The Morgan fingerprint density at radius 2 is 1.80 bits per heavy atom. The van der Waals surface area contributed by atoms with Crippen LogP contribution < -0.4 is 16.4 Å². The van der Waals surface area contributed by atoms with E-state index in [-0.39, 0.29) is 37.2 Å². The van der Waals surface area contributed by atoms with Crippen molar-refractivity contribution in [2.45, 2.75) is 12.7 Å². The summed E-state index contributed by atoms with van der Waals surface area (Å²) in [5, 5.41) is 5.58. The number of nitrogens with zero attached hydrogens (tertiary/aromatic N) is 3. The van der Waals surface area contributed by atoms with Gasteiger partial charge in [-0.05, 0) is 42.5 Å². The lowest BCUT2D eigenvalue weighted by Crippen LogP contribution is -2.43. The molecule has 0 unspecified atom stereocenters. The fourth-order valence-electron chi connectivity index (χ4n) is 4.09. The van der Waals surface area contributed by atoms with Crippen LogP contribution >= 0.6 is 0 Å². The van der Waals surface area contributed by atoms with Crippen LogP contribution in [0.4, 0.5) is 24.8 Å². The van der Waals surface area contributed by atoms with Crippen LogP contribution in [0.15, 0.2) is 54.7 Å². The van der Waals surface area contributed by atoms with Crippen molar-refractivity contribution in [1.29, 1.82) is 0 Å². The van der Waals surface area contributed by atoms with E-state index < -0.39 is 29.7 Å². The Labute approximate surface area is 227 Å². The number of aromatic nitrogens is 4. The lowest BCUT2D eigenvalue weighted by atomic mass is 10.1. The molecule has 0 radical (unpaired) electrons. The highest BCUT2D eigenvalue weighted by Gasteiger charge is 2.28. The lowest BCUT2D eigenvalue weighted by Gasteiger charge is -2.28. The van der Waals surface area contributed by atoms with Gasteiger partial charge in [-0.2, -0.15) is 0 Å². The molecule has 1 aliphatic rings. The Kier molecular flexibility index (Phi) is 8.34. The molecule has 1 saturated heterocycles. The van der Waals surface area contributed by atoms with Crippen LogP contribution in [0.25, 0.3) is 22.6 Å². The van der Waals surface area contributed by atoms with Crippen molar-refractivity contribution in [2.24, 2.45) is 11.7 Å². The quantitative estimate of drug-likeness (QED) is 0.248. The number of carbonyl (C=O) groups is 1. The van der Waals surface area contributed by atoms with Crippen molar-refractivity contribution in [3.8, 4) is 22.6 Å². The van der Waals surface area contributed by atoms with Gasteiger partial charge in [-0.15, -0.1) is 0 Å². The number of aromatic amines is 1. The standard InChI is InChI=1S/C27H26F3N7O3/c28-17-3-1-15(2-4-17)24-25(21-7-9-33-27(35-21)34-18-5-6-19(29)20(30)11-18)37-22(36-24)12-23-39-13-16(14-40-23)26(38)32-10-8-31/h1-7,9,11,16,23H,8,10,12-14,31H2,(H,32,38)(H,36,37)(H,33,34,35). The van der Waals surface area contributed by atoms with Gasteiger partial charge in [0.15, 0.2) is 17.9 Å². The summed E-state index contributed by atoms with van der Waals surface area (Å²) in [7, 11) is 0. The number of halogens is 3. The monoisotopic (exact) mass is 553 g/mol. The zero-order valence-corrected chi connectivity index (χ0v) is 21.2. The zero-order chi connectivity index (χ0) is 28.1. The van der Waals surface area contributed by atoms with Gasteiger partial charge in [0.25, 0.3) is 0 Å². The maximum absolute atomic E-state index is 13.7. The first-order valence-electron chi connectivity index (χ1n) is 12.5. The van der Waals surface area contributed by atoms with Crippen LogP contribution in [0, 0.1) is 23.4 Å². The zero-order valence-electron chi connectivity index (χ0n) is 21.2. The number of nitrogens with one attached hydrogen (secondary N) is 3. The second-order valence-corrected chi connectivity index (χ2v) is 9.01. The topological polar surface area (TPSA) is 140 Å². The van der Waals surface area contributed by atoms with Crippen molar-refractivity contribution in [3.63, 3.8) is 0 Å². The van der Waals surface area contributed by atoms with Gasteiger partial charge < -0.3 is 30.8 Å². The Morgan fingerprint density at radius 1 is 1.02 bits per heavy atom. The molecule has 0 bridgehead atoms. The first kappa shape index (κ1) is 27.2. The molecule has 13 heteroatoms. The van der Waals surface area contributed by atoms with Gasteiger partial charge in [-0.3, -0.25) is 4.79 Å². The predicted octanol–water partition coefficient (Wildman–Crippen LogP) is 3.30. The van der Waals surface area contributed by atoms with E-state index in [1.165, 1.54) is 24.4 Å². The van der Waals surface area contributed by atoms with Gasteiger partial charge in [0.1, 0.15) is 11.6 Å². The number of amides is 1. The fraction of sp³-hybridized carbons (Fsp3) is 0.259. The maximum atomic E-state index is 13.7. The van der Waals surface area contributed by atoms with Crippen molar-refractivity contribution < 1.29 is 27.4 Å². The third-order valence-corrected chi connectivity index (χ3v) is 6.10. The summed E-state index contributed by atoms with van der Waals surface area (Å²) in [4.78, 5) is 28.8. The number of hydrogen-bond donors (Lipinski definition) is 4. The van der Waals surface area contributed by atoms with E-state index in [9.17, 15) is 18.0 Å². The van der Waals surface area contributed by atoms with Gasteiger partial charge >= 0.3 is 0 Å². The van der Waals surface area contributed by atoms with E-state index in [2.05, 4.69) is 25.6 Å². The minimum atomic E-state index is -1.01. The highest BCUT2D eigenvalue weighted by atomic mass is 19.2. The molecule has 1 fully saturated rings. The number of ether oxygens (including phenoxy) is 2. The van der Waals surface area contributed by atoms with Crippen LogP contribution in [-0.2, 0) is 20.7 Å². The van der Waals surface area contributed by atoms with Crippen LogP contribution in [0.2, 0.25) is 0 Å². The third-order valence-electron chi connectivity index (χ3n) is 6.10. The van der Waals surface area contributed by atoms with E-state index in [4.69, 9.17) is 20.2 Å². The van der Waals surface area contributed by atoms with E-state index in [0.29, 0.717) is 41.6 Å². The van der Waals surface area contributed by atoms with Crippen LogP contribution in [0.1, 0.15) is 5.82 Å². The number of anilines is 2. The Morgan fingerprint density at radius 3 is 2.52 bits per heavy atom. The molecule has 0 aliphatic carbocycles. The highest BCUT2D eigenvalue weighted by Crippen LogP contribution is 2.31. The molecule has 0 atom stereocenters. The van der Waals surface area contributed by atoms with Crippen molar-refractivity contribution in [2.75, 3.05) is 31.6 Å². The minimum absolute atomic E-state index is 0.141. The first-order valence-corrected chi connectivity index (χ1v) is 12.5. The number of rotatable bonds is 9. The largest absolute Gasteiger partial charge is 0.354 e. The van der Waals surface area contributed by atoms with Crippen LogP contribution in [0.5, 0.6) is 0 Å². The van der Waals surface area contributed by atoms with Gasteiger partial charge in [-0.25, -0.2) is 28.1 Å². The Balaban J connectivity index is 1.37. The molecule has 208 valence electrons. The molecular formula is C27H26F3N7O3. The number of carbonyl (C=O) groups excluding carboxylic acids is 1. The third kappa shape index (κ3) is 6.45. The summed E-state index contributed by atoms with van der Waals surface area (Å²) >= 11 is 0. The summed E-state index contributed by atoms with van der Waals surface area (Å²) in [5.74, 6) is -2.33. The molecule has 1 aliphatic heterocycles. The number of hydrogen-bond acceptors (Lipinski definition) is 8. The molecule has 40 heavy (non-hydrogen) atoms. The molecule has 4 aromatic rings. The lowest BCUT2D eigenvalue weighted by molar-refractivity contribution is -0.200. The normalized spacial score (nSPS) is 17.0. The fourth-order valence-corrected chi connectivity index (χ4v) is 4.09. The molecule has 5 N–H and O–H groups in total.